The van der Waals surface area contributed by atoms with Crippen molar-refractivity contribution in [2.45, 2.75) is 71.4 Å². The number of ether oxygens (including phenoxy) is 1. The van der Waals surface area contributed by atoms with Crippen LogP contribution >= 0.6 is 0 Å². The fourth-order valence-electron chi connectivity index (χ4n) is 4.73. The largest absolute Gasteiger partial charge is 0.484 e. The molecule has 1 aliphatic heterocycles. The van der Waals surface area contributed by atoms with Crippen molar-refractivity contribution in [1.82, 2.24) is 10.6 Å². The smallest absolute Gasteiger partial charge is 0.258 e. The molecule has 1 saturated carbocycles. The van der Waals surface area contributed by atoms with Gasteiger partial charge in [0.2, 0.25) is 5.91 Å². The number of carbonyl (C=O) groups excluding carboxylic acids is 2. The lowest BCUT2D eigenvalue weighted by Crippen LogP contribution is -2.56. The third-order valence-electron chi connectivity index (χ3n) is 6.36. The van der Waals surface area contributed by atoms with Gasteiger partial charge < -0.3 is 15.4 Å². The van der Waals surface area contributed by atoms with Crippen LogP contribution in [-0.2, 0) is 9.59 Å². The van der Waals surface area contributed by atoms with E-state index in [4.69, 9.17) is 4.74 Å². The van der Waals surface area contributed by atoms with E-state index in [0.717, 1.165) is 19.3 Å². The molecular weight excluding hydrogens is 352 g/mol. The number of carbonyl (C=O) groups is 2. The predicted molar refractivity (Wildman–Crippen MR) is 110 cm³/mol. The highest BCUT2D eigenvalue weighted by Gasteiger charge is 2.41. The minimum atomic E-state index is -0.0982. The van der Waals surface area contributed by atoms with Gasteiger partial charge in [-0.1, -0.05) is 39.8 Å². The molecule has 4 unspecified atom stereocenters. The van der Waals surface area contributed by atoms with E-state index >= 15 is 0 Å². The molecule has 0 radical (unpaired) electrons. The molecule has 0 spiro atoms. The molecule has 2 N–H and O–H groups in total. The highest BCUT2D eigenvalue weighted by atomic mass is 16.5. The molecule has 4 atom stereocenters. The zero-order valence-corrected chi connectivity index (χ0v) is 17.5. The van der Waals surface area contributed by atoms with Gasteiger partial charge in [0.1, 0.15) is 5.75 Å². The maximum atomic E-state index is 12.3. The van der Waals surface area contributed by atoms with Gasteiger partial charge in [0.15, 0.2) is 6.61 Å². The predicted octanol–water partition coefficient (Wildman–Crippen LogP) is 3.63. The van der Waals surface area contributed by atoms with E-state index < -0.39 is 0 Å². The standard InChI is InChI=1S/C23H34N2O3/c1-14(2)16-5-8-18(9-6-16)28-13-23(27)24-17-7-10-19-20(15(3)4)12-22(26)25-21(19)11-17/h5-6,8-9,14-15,17,19-21H,7,10-13H2,1-4H3,(H,24,27)(H,25,26). The molecule has 0 aromatic heterocycles. The highest BCUT2D eigenvalue weighted by Crippen LogP contribution is 2.39. The van der Waals surface area contributed by atoms with Gasteiger partial charge in [-0.05, 0) is 60.6 Å². The molecular formula is C23H34N2O3. The Hall–Kier alpha value is -2.04. The first-order valence-electron chi connectivity index (χ1n) is 10.6. The van der Waals surface area contributed by atoms with Crippen LogP contribution in [0.4, 0.5) is 0 Å². The summed E-state index contributed by atoms with van der Waals surface area (Å²) in [6.07, 6.45) is 3.47. The average Bonchev–Trinajstić information content (AvgIpc) is 2.65. The van der Waals surface area contributed by atoms with Gasteiger partial charge in [0, 0.05) is 18.5 Å². The van der Waals surface area contributed by atoms with Crippen molar-refractivity contribution in [2.75, 3.05) is 6.61 Å². The summed E-state index contributed by atoms with van der Waals surface area (Å²) in [5.41, 5.74) is 1.25. The first-order valence-corrected chi connectivity index (χ1v) is 10.6. The van der Waals surface area contributed by atoms with Crippen molar-refractivity contribution >= 4 is 11.8 Å². The molecule has 1 aromatic rings. The number of benzene rings is 1. The second-order valence-electron chi connectivity index (χ2n) is 9.04. The summed E-state index contributed by atoms with van der Waals surface area (Å²) in [6.45, 7) is 8.73. The summed E-state index contributed by atoms with van der Waals surface area (Å²) in [5.74, 6) is 2.74. The summed E-state index contributed by atoms with van der Waals surface area (Å²) >= 11 is 0. The second kappa shape index (κ2) is 8.97. The maximum absolute atomic E-state index is 12.3. The van der Waals surface area contributed by atoms with Gasteiger partial charge in [0.05, 0.1) is 0 Å². The SMILES string of the molecule is CC(C)c1ccc(OCC(=O)NC2CCC3C(C2)NC(=O)CC3C(C)C)cc1. The van der Waals surface area contributed by atoms with Gasteiger partial charge in [-0.25, -0.2) is 0 Å². The number of rotatable bonds is 6. The zero-order valence-electron chi connectivity index (χ0n) is 17.5. The van der Waals surface area contributed by atoms with Crippen molar-refractivity contribution in [3.63, 3.8) is 0 Å². The molecule has 2 aliphatic rings. The fourth-order valence-corrected chi connectivity index (χ4v) is 4.73. The highest BCUT2D eigenvalue weighted by molar-refractivity contribution is 5.78. The van der Waals surface area contributed by atoms with E-state index in [-0.39, 0.29) is 30.5 Å². The Kier molecular flexibility index (Phi) is 6.63. The molecule has 5 heteroatoms. The quantitative estimate of drug-likeness (QED) is 0.784. The van der Waals surface area contributed by atoms with Crippen LogP contribution in [0.1, 0.15) is 64.9 Å². The number of nitrogens with one attached hydrogen (secondary N) is 2. The van der Waals surface area contributed by atoms with Crippen molar-refractivity contribution in [3.05, 3.63) is 29.8 Å². The molecule has 1 heterocycles. The van der Waals surface area contributed by atoms with E-state index in [2.05, 4.69) is 38.3 Å². The number of piperidine rings is 1. The van der Waals surface area contributed by atoms with Crippen LogP contribution < -0.4 is 15.4 Å². The maximum Gasteiger partial charge on any atom is 0.258 e. The Labute approximate surface area is 168 Å². The summed E-state index contributed by atoms with van der Waals surface area (Å²) in [6, 6.07) is 8.19. The zero-order chi connectivity index (χ0) is 20.3. The molecule has 2 fully saturated rings. The number of fused-ring (bicyclic) bond motifs is 1. The number of hydrogen-bond acceptors (Lipinski definition) is 3. The minimum absolute atomic E-state index is 0.0204. The molecule has 5 nitrogen and oxygen atoms in total. The van der Waals surface area contributed by atoms with E-state index in [1.165, 1.54) is 5.56 Å². The van der Waals surface area contributed by atoms with Crippen LogP contribution in [0.5, 0.6) is 5.75 Å². The van der Waals surface area contributed by atoms with Crippen LogP contribution in [0, 0.1) is 17.8 Å². The Morgan fingerprint density at radius 1 is 1.18 bits per heavy atom. The average molecular weight is 387 g/mol. The molecule has 154 valence electrons. The lowest BCUT2D eigenvalue weighted by Gasteiger charge is -2.45. The molecule has 3 rings (SSSR count). The van der Waals surface area contributed by atoms with Crippen LogP contribution in [-0.4, -0.2) is 30.5 Å². The molecule has 2 amide bonds. The van der Waals surface area contributed by atoms with Crippen molar-refractivity contribution in [1.29, 1.82) is 0 Å². The summed E-state index contributed by atoms with van der Waals surface area (Å²) < 4.78 is 5.63. The van der Waals surface area contributed by atoms with Crippen LogP contribution in [0.25, 0.3) is 0 Å². The third-order valence-corrected chi connectivity index (χ3v) is 6.36. The molecule has 0 bridgehead atoms. The number of hydrogen-bond donors (Lipinski definition) is 2. The summed E-state index contributed by atoms with van der Waals surface area (Å²) in [4.78, 5) is 24.4. The van der Waals surface area contributed by atoms with Crippen LogP contribution in [0.3, 0.4) is 0 Å². The molecule has 1 saturated heterocycles. The Bertz CT molecular complexity index is 684. The monoisotopic (exact) mass is 386 g/mol. The van der Waals surface area contributed by atoms with E-state index in [1.807, 2.05) is 24.3 Å². The first kappa shape index (κ1) is 20.7. The van der Waals surface area contributed by atoms with Gasteiger partial charge in [0.25, 0.3) is 5.91 Å². The van der Waals surface area contributed by atoms with Gasteiger partial charge in [-0.3, -0.25) is 9.59 Å². The Morgan fingerprint density at radius 2 is 1.89 bits per heavy atom. The summed E-state index contributed by atoms with van der Waals surface area (Å²) in [7, 11) is 0. The Balaban J connectivity index is 1.48. The lowest BCUT2D eigenvalue weighted by molar-refractivity contribution is -0.128. The van der Waals surface area contributed by atoms with Crippen molar-refractivity contribution in [2.24, 2.45) is 17.8 Å². The van der Waals surface area contributed by atoms with E-state index in [9.17, 15) is 9.59 Å². The third kappa shape index (κ3) is 5.06. The number of amides is 2. The molecule has 1 aliphatic carbocycles. The van der Waals surface area contributed by atoms with Gasteiger partial charge in [-0.15, -0.1) is 0 Å². The minimum Gasteiger partial charge on any atom is -0.484 e. The molecule has 28 heavy (non-hydrogen) atoms. The van der Waals surface area contributed by atoms with Crippen molar-refractivity contribution in [3.8, 4) is 5.75 Å². The van der Waals surface area contributed by atoms with Gasteiger partial charge in [-0.2, -0.15) is 0 Å². The van der Waals surface area contributed by atoms with Gasteiger partial charge >= 0.3 is 0 Å². The van der Waals surface area contributed by atoms with Crippen LogP contribution in [0.2, 0.25) is 0 Å². The van der Waals surface area contributed by atoms with Crippen LogP contribution in [0.15, 0.2) is 24.3 Å². The normalized spacial score (nSPS) is 27.3. The summed E-state index contributed by atoms with van der Waals surface area (Å²) in [5, 5.41) is 6.25. The van der Waals surface area contributed by atoms with E-state index in [1.54, 1.807) is 0 Å². The topological polar surface area (TPSA) is 67.4 Å². The molecule has 1 aromatic carbocycles. The van der Waals surface area contributed by atoms with E-state index in [0.29, 0.717) is 35.8 Å². The fraction of sp³-hybridized carbons (Fsp3) is 0.652. The second-order valence-corrected chi connectivity index (χ2v) is 9.04. The lowest BCUT2D eigenvalue weighted by atomic mass is 9.67. The Morgan fingerprint density at radius 3 is 2.54 bits per heavy atom. The first-order chi connectivity index (χ1) is 13.3. The van der Waals surface area contributed by atoms with Crippen molar-refractivity contribution < 1.29 is 14.3 Å².